The molecular weight excluding hydrogens is 1080 g/mol. The Hall–Kier alpha value is -5.09. The predicted molar refractivity (Wildman–Crippen MR) is 273 cm³/mol. The molecule has 1 atom stereocenters. The van der Waals surface area contributed by atoms with Crippen molar-refractivity contribution in [3.05, 3.63) is 112 Å². The number of halogens is 4. The Bertz CT molecular complexity index is 3120. The van der Waals surface area contributed by atoms with Gasteiger partial charge >= 0.3 is 5.97 Å². The van der Waals surface area contributed by atoms with Gasteiger partial charge < -0.3 is 46.7 Å². The van der Waals surface area contributed by atoms with Gasteiger partial charge in [0, 0.05) is 72.5 Å². The number of carbonyl (C=O) groups is 1. The van der Waals surface area contributed by atoms with Crippen molar-refractivity contribution in [3.63, 3.8) is 0 Å². The number of allylic oxidation sites excluding steroid dienone is 3. The van der Waals surface area contributed by atoms with Gasteiger partial charge in [0.1, 0.15) is 34.8 Å². The van der Waals surface area contributed by atoms with E-state index >= 15 is 0 Å². The van der Waals surface area contributed by atoms with Gasteiger partial charge in [-0.05, 0) is 91.6 Å². The van der Waals surface area contributed by atoms with Crippen molar-refractivity contribution < 1.29 is 89.4 Å². The Morgan fingerprint density at radius 1 is 0.753 bits per heavy atom. The van der Waals surface area contributed by atoms with Crippen LogP contribution in [0.25, 0.3) is 17.4 Å². The van der Waals surface area contributed by atoms with Crippen molar-refractivity contribution in [2.75, 3.05) is 89.4 Å². The molecule has 25 heteroatoms. The van der Waals surface area contributed by atoms with E-state index in [-0.39, 0.29) is 64.5 Å². The van der Waals surface area contributed by atoms with Gasteiger partial charge in [-0.15, -0.1) is 0 Å². The molecule has 18 nitrogen and oxygen atoms in total. The van der Waals surface area contributed by atoms with Crippen molar-refractivity contribution in [3.8, 4) is 17.1 Å². The summed E-state index contributed by atoms with van der Waals surface area (Å²) in [4.78, 5) is 13.8. The van der Waals surface area contributed by atoms with Crippen molar-refractivity contribution in [2.45, 2.75) is 88.4 Å². The number of hydrogen-bond donors (Lipinski definition) is 0. The third-order valence-electron chi connectivity index (χ3n) is 12.6. The first-order valence-electron chi connectivity index (χ1n) is 24.7. The summed E-state index contributed by atoms with van der Waals surface area (Å²) < 4.78 is 198. The van der Waals surface area contributed by atoms with Crippen LogP contribution in [0, 0.1) is 23.3 Å². The molecule has 0 amide bonds. The molecule has 3 aliphatic rings. The van der Waals surface area contributed by atoms with Crippen LogP contribution >= 0.6 is 0 Å². The number of benzene rings is 3. The van der Waals surface area contributed by atoms with Gasteiger partial charge in [0.2, 0.25) is 22.7 Å². The standard InChI is InChI=1S/C52H66F4N2O16S3/c1-51(2,3)40-33-37(73-45-32-36(15-17-39(40)45)57(20-11-31-76(63,64)65)22-23-70-26-27-72-29-28-71-25-24-69-5)12-9-13-46-52(4,19-10-30-75(60,61)62)41-34-38(77(66,67)68)16-18-44(41)58(46)21-8-6-7-14-47(59)74-50-48(55)42(53)35-43(54)49(50)56/h9,12-13,15-18,32-35H,6-8,10-11,14,19-31H2,1-5H3,(H2-,60,61,62,63,64,65,66,67,68)/p-2. The minimum absolute atomic E-state index is 0.00186. The lowest BCUT2D eigenvalue weighted by Crippen LogP contribution is -2.35. The van der Waals surface area contributed by atoms with Crippen LogP contribution in [0.1, 0.15) is 89.5 Å². The van der Waals surface area contributed by atoms with Crippen molar-refractivity contribution in [2.24, 2.45) is 0 Å². The number of carbonyl (C=O) groups excluding carboxylic acids is 1. The summed E-state index contributed by atoms with van der Waals surface area (Å²) in [7, 11) is -12.6. The highest BCUT2D eigenvalue weighted by molar-refractivity contribution is 7.86. The quantitative estimate of drug-likeness (QED) is 0.00999. The normalized spacial score (nSPS) is 16.3. The second kappa shape index (κ2) is 27.7. The van der Waals surface area contributed by atoms with E-state index < -0.39 is 99.0 Å². The highest BCUT2D eigenvalue weighted by Gasteiger charge is 2.43. The zero-order valence-corrected chi connectivity index (χ0v) is 45.9. The van der Waals surface area contributed by atoms with Crippen molar-refractivity contribution >= 4 is 48.1 Å². The van der Waals surface area contributed by atoms with E-state index in [1.165, 1.54) is 12.1 Å². The molecule has 5 rings (SSSR count). The maximum atomic E-state index is 14.2. The van der Waals surface area contributed by atoms with Gasteiger partial charge in [0.25, 0.3) is 0 Å². The van der Waals surface area contributed by atoms with Gasteiger partial charge in [-0.2, -0.15) is 8.78 Å². The zero-order chi connectivity index (χ0) is 56.8. The third-order valence-corrected chi connectivity index (χ3v) is 15.0. The molecule has 0 N–H and O–H groups in total. The summed E-state index contributed by atoms with van der Waals surface area (Å²) in [6.45, 7) is 11.0. The Balaban J connectivity index is 1.48. The average Bonchev–Trinajstić information content (AvgIpc) is 3.56. The third kappa shape index (κ3) is 18.5. The second-order valence-electron chi connectivity index (χ2n) is 19.4. The number of nitrogens with zero attached hydrogens (tertiary/aromatic N) is 2. The number of rotatable bonds is 30. The molecule has 0 spiro atoms. The fourth-order valence-corrected chi connectivity index (χ4v) is 10.3. The fourth-order valence-electron chi connectivity index (χ4n) is 8.80. The van der Waals surface area contributed by atoms with Crippen LogP contribution in [-0.4, -0.2) is 129 Å². The Kier molecular flexibility index (Phi) is 22.6. The van der Waals surface area contributed by atoms with Gasteiger partial charge in [0.05, 0.1) is 70.8 Å². The number of ether oxygens (including phenoxy) is 5. The van der Waals surface area contributed by atoms with Crippen LogP contribution < -0.4 is 19.6 Å². The molecule has 0 bridgehead atoms. The molecule has 0 radical (unpaired) electrons. The Morgan fingerprint density at radius 2 is 1.38 bits per heavy atom. The minimum atomic E-state index is -4.99. The molecule has 1 unspecified atom stereocenters. The summed E-state index contributed by atoms with van der Waals surface area (Å²) in [5.74, 6) is -10.4. The molecule has 0 saturated heterocycles. The van der Waals surface area contributed by atoms with E-state index in [0.29, 0.717) is 79.8 Å². The molecule has 77 heavy (non-hydrogen) atoms. The molecule has 0 fully saturated rings. The molecule has 2 aromatic carbocycles. The summed E-state index contributed by atoms with van der Waals surface area (Å²) in [5, 5.41) is 0.650. The number of fused-ring (bicyclic) bond motifs is 2. The number of anilines is 1. The van der Waals surface area contributed by atoms with E-state index in [9.17, 15) is 61.3 Å². The molecule has 426 valence electrons. The molecule has 0 aromatic heterocycles. The number of unbranched alkanes of at least 4 members (excludes halogenated alkanes) is 2. The monoisotopic (exact) mass is 1140 g/mol. The van der Waals surface area contributed by atoms with Crippen molar-refractivity contribution in [1.82, 2.24) is 4.58 Å². The zero-order valence-electron chi connectivity index (χ0n) is 43.4. The van der Waals surface area contributed by atoms with E-state index in [2.05, 4.69) is 4.74 Å². The smallest absolute Gasteiger partial charge is 0.311 e. The summed E-state index contributed by atoms with van der Waals surface area (Å²) in [6.07, 6.45) is 5.20. The first kappa shape index (κ1) is 62.7. The van der Waals surface area contributed by atoms with Crippen LogP contribution in [0.2, 0.25) is 0 Å². The van der Waals surface area contributed by atoms with Gasteiger partial charge in [-0.3, -0.25) is 4.79 Å². The van der Waals surface area contributed by atoms with Gasteiger partial charge in [-0.1, -0.05) is 33.3 Å². The lowest BCUT2D eigenvalue weighted by Gasteiger charge is -2.31. The Morgan fingerprint density at radius 3 is 1.99 bits per heavy atom. The van der Waals surface area contributed by atoms with Crippen LogP contribution in [-0.2, 0) is 64.9 Å². The molecule has 2 aliphatic heterocycles. The van der Waals surface area contributed by atoms with E-state index in [1.54, 1.807) is 38.3 Å². The largest absolute Gasteiger partial charge is 0.748 e. The number of methoxy groups -OCH3 is 1. The van der Waals surface area contributed by atoms with Crippen LogP contribution in [0.5, 0.6) is 5.75 Å². The SMILES string of the molecule is COCCOCCOCCOCC[N+](CCCS(=O)(=O)[O-])=c1ccc2c(C(C)(C)C)cc(/C=C/C=C3/N(CCCCCC(=O)Oc4c(F)c(F)cc(F)c4F)c4ccc(S(=O)(=O)[O-])cc4C3(C)CCCS(=O)(=O)[O-])oc-2c1. The maximum absolute atomic E-state index is 14.2. The molecule has 2 aromatic rings. The summed E-state index contributed by atoms with van der Waals surface area (Å²) >= 11 is 0. The highest BCUT2D eigenvalue weighted by atomic mass is 32.2. The minimum Gasteiger partial charge on any atom is -0.748 e. The Labute approximate surface area is 446 Å². The van der Waals surface area contributed by atoms with E-state index in [4.69, 9.17) is 23.4 Å². The highest BCUT2D eigenvalue weighted by Crippen LogP contribution is 2.51. The summed E-state index contributed by atoms with van der Waals surface area (Å²) in [5.41, 5.74) is 1.33. The van der Waals surface area contributed by atoms with Gasteiger partial charge in [0.15, 0.2) is 18.2 Å². The molecule has 0 saturated carbocycles. The predicted octanol–water partition coefficient (Wildman–Crippen LogP) is 6.71. The lowest BCUT2D eigenvalue weighted by molar-refractivity contribution is -0.135. The van der Waals surface area contributed by atoms with E-state index in [1.807, 2.05) is 48.4 Å². The van der Waals surface area contributed by atoms with Crippen LogP contribution in [0.4, 0.5) is 23.2 Å². The first-order valence-corrected chi connectivity index (χ1v) is 29.3. The molecule has 2 heterocycles. The van der Waals surface area contributed by atoms with Crippen LogP contribution in [0.15, 0.2) is 75.7 Å². The number of hydrogen-bond acceptors (Lipinski definition) is 17. The van der Waals surface area contributed by atoms with Crippen LogP contribution in [0.3, 0.4) is 0 Å². The average molecular weight is 1150 g/mol. The summed E-state index contributed by atoms with van der Waals surface area (Å²) in [6, 6.07) is 11.2. The molecular formula is C52H64F4N2O16S3-2. The fraction of sp³-hybridized carbons (Fsp3) is 0.500. The second-order valence-corrected chi connectivity index (χ2v) is 23.8. The lowest BCUT2D eigenvalue weighted by atomic mass is 9.77. The maximum Gasteiger partial charge on any atom is 0.311 e. The first-order chi connectivity index (χ1) is 36.1. The van der Waals surface area contributed by atoms with Crippen molar-refractivity contribution in [1.29, 1.82) is 0 Å². The topological polar surface area (TPSA) is 254 Å². The van der Waals surface area contributed by atoms with Gasteiger partial charge in [-0.25, -0.2) is 38.6 Å². The number of esters is 1. The molecule has 1 aliphatic carbocycles. The van der Waals surface area contributed by atoms with E-state index in [0.717, 1.165) is 17.2 Å².